The fraction of sp³-hybridized carbons (Fsp3) is 0.286. The number of nitrogens with two attached hydrogens (primary N) is 1. The van der Waals surface area contributed by atoms with Gasteiger partial charge in [0.25, 0.3) is 0 Å². The molecule has 0 aliphatic carbocycles. The standard InChI is InChI=1S/C14H17BrN4/c1-3-19(9-12-6-4-5-10(2)18-12)14-13(15)7-11(16)8-17-14/h4-8H,3,9,16H2,1-2H3. The summed E-state index contributed by atoms with van der Waals surface area (Å²) in [6.45, 7) is 5.68. The number of anilines is 2. The zero-order valence-electron chi connectivity index (χ0n) is 11.1. The summed E-state index contributed by atoms with van der Waals surface area (Å²) < 4.78 is 0.905. The molecule has 19 heavy (non-hydrogen) atoms. The molecule has 0 radical (unpaired) electrons. The molecule has 100 valence electrons. The lowest BCUT2D eigenvalue weighted by atomic mass is 10.3. The maximum absolute atomic E-state index is 5.72. The predicted molar refractivity (Wildman–Crippen MR) is 82.0 cm³/mol. The van der Waals surface area contributed by atoms with E-state index in [1.165, 1.54) is 0 Å². The smallest absolute Gasteiger partial charge is 0.143 e. The summed E-state index contributed by atoms with van der Waals surface area (Å²) in [7, 11) is 0. The van der Waals surface area contributed by atoms with Crippen LogP contribution in [0.3, 0.4) is 0 Å². The Morgan fingerprint density at radius 2 is 2.16 bits per heavy atom. The molecule has 4 nitrogen and oxygen atoms in total. The van der Waals surface area contributed by atoms with Crippen molar-refractivity contribution in [3.05, 3.63) is 46.3 Å². The van der Waals surface area contributed by atoms with Crippen LogP contribution >= 0.6 is 15.9 Å². The zero-order valence-corrected chi connectivity index (χ0v) is 12.7. The molecule has 0 unspecified atom stereocenters. The Hall–Kier alpha value is -1.62. The largest absolute Gasteiger partial charge is 0.397 e. The first-order valence-electron chi connectivity index (χ1n) is 6.18. The van der Waals surface area contributed by atoms with Crippen LogP contribution in [0.1, 0.15) is 18.3 Å². The van der Waals surface area contributed by atoms with Crippen molar-refractivity contribution in [3.63, 3.8) is 0 Å². The van der Waals surface area contributed by atoms with E-state index in [4.69, 9.17) is 5.73 Å². The fourth-order valence-corrected chi connectivity index (χ4v) is 2.52. The first-order chi connectivity index (χ1) is 9.10. The van der Waals surface area contributed by atoms with Crippen LogP contribution in [0.25, 0.3) is 0 Å². The van der Waals surface area contributed by atoms with Gasteiger partial charge in [0.15, 0.2) is 0 Å². The summed E-state index contributed by atoms with van der Waals surface area (Å²) in [5.74, 6) is 0.889. The van der Waals surface area contributed by atoms with Gasteiger partial charge in [0.1, 0.15) is 5.82 Å². The van der Waals surface area contributed by atoms with Crippen LogP contribution in [0.4, 0.5) is 11.5 Å². The Balaban J connectivity index is 2.25. The summed E-state index contributed by atoms with van der Waals surface area (Å²) in [6.07, 6.45) is 1.67. The van der Waals surface area contributed by atoms with Crippen LogP contribution in [-0.2, 0) is 6.54 Å². The Bertz CT molecular complexity index is 571. The van der Waals surface area contributed by atoms with Gasteiger partial charge in [-0.1, -0.05) is 6.07 Å². The number of rotatable bonds is 4. The van der Waals surface area contributed by atoms with E-state index in [1.54, 1.807) is 6.20 Å². The second-order valence-electron chi connectivity index (χ2n) is 4.36. The average molecular weight is 321 g/mol. The molecule has 0 aliphatic rings. The zero-order chi connectivity index (χ0) is 13.8. The van der Waals surface area contributed by atoms with Crippen molar-refractivity contribution in [2.75, 3.05) is 17.2 Å². The summed E-state index contributed by atoms with van der Waals surface area (Å²) in [6, 6.07) is 7.92. The van der Waals surface area contributed by atoms with Crippen molar-refractivity contribution >= 4 is 27.4 Å². The molecule has 0 spiro atoms. The van der Waals surface area contributed by atoms with Crippen LogP contribution < -0.4 is 10.6 Å². The lowest BCUT2D eigenvalue weighted by Gasteiger charge is -2.23. The molecule has 2 N–H and O–H groups in total. The topological polar surface area (TPSA) is 55.0 Å². The molecule has 0 saturated carbocycles. The van der Waals surface area contributed by atoms with Gasteiger partial charge in [-0.3, -0.25) is 4.98 Å². The molecule has 0 saturated heterocycles. The van der Waals surface area contributed by atoms with Gasteiger partial charge in [0.05, 0.1) is 28.6 Å². The molecule has 2 aromatic heterocycles. The quantitative estimate of drug-likeness (QED) is 0.940. The number of aromatic nitrogens is 2. The third-order valence-electron chi connectivity index (χ3n) is 2.82. The molecule has 5 heteroatoms. The van der Waals surface area contributed by atoms with Crippen LogP contribution in [0.5, 0.6) is 0 Å². The van der Waals surface area contributed by atoms with Crippen LogP contribution in [0, 0.1) is 6.92 Å². The number of hydrogen-bond donors (Lipinski definition) is 1. The monoisotopic (exact) mass is 320 g/mol. The van der Waals surface area contributed by atoms with E-state index in [9.17, 15) is 0 Å². The first kappa shape index (κ1) is 13.8. The van der Waals surface area contributed by atoms with Gasteiger partial charge < -0.3 is 10.6 Å². The lowest BCUT2D eigenvalue weighted by molar-refractivity contribution is 0.788. The van der Waals surface area contributed by atoms with Gasteiger partial charge in [-0.15, -0.1) is 0 Å². The first-order valence-corrected chi connectivity index (χ1v) is 6.98. The number of nitrogen functional groups attached to an aromatic ring is 1. The number of hydrogen-bond acceptors (Lipinski definition) is 4. The Morgan fingerprint density at radius 3 is 2.79 bits per heavy atom. The minimum Gasteiger partial charge on any atom is -0.397 e. The van der Waals surface area contributed by atoms with E-state index in [0.717, 1.165) is 34.8 Å². The fourth-order valence-electron chi connectivity index (χ4n) is 1.90. The van der Waals surface area contributed by atoms with Crippen molar-refractivity contribution in [3.8, 4) is 0 Å². The molecule has 2 heterocycles. The molecule has 0 bridgehead atoms. The third kappa shape index (κ3) is 3.44. The maximum Gasteiger partial charge on any atom is 0.143 e. The van der Waals surface area contributed by atoms with Gasteiger partial charge in [-0.2, -0.15) is 0 Å². The van der Waals surface area contributed by atoms with Crippen LogP contribution in [0.15, 0.2) is 34.9 Å². The molecular weight excluding hydrogens is 304 g/mol. The molecule has 0 amide bonds. The molecule has 0 atom stereocenters. The van der Waals surface area contributed by atoms with E-state index < -0.39 is 0 Å². The molecule has 0 aromatic carbocycles. The van der Waals surface area contributed by atoms with Crippen LogP contribution in [0.2, 0.25) is 0 Å². The maximum atomic E-state index is 5.72. The second kappa shape index (κ2) is 6.02. The highest BCUT2D eigenvalue weighted by molar-refractivity contribution is 9.10. The van der Waals surface area contributed by atoms with Gasteiger partial charge >= 0.3 is 0 Å². The molecule has 0 aliphatic heterocycles. The lowest BCUT2D eigenvalue weighted by Crippen LogP contribution is -2.24. The van der Waals surface area contributed by atoms with Crippen LogP contribution in [-0.4, -0.2) is 16.5 Å². The predicted octanol–water partition coefficient (Wildman–Crippen LogP) is 3.16. The highest BCUT2D eigenvalue weighted by Crippen LogP contribution is 2.26. The summed E-state index contributed by atoms with van der Waals surface area (Å²) in [5, 5.41) is 0. The highest BCUT2D eigenvalue weighted by atomic mass is 79.9. The molecule has 0 fully saturated rings. The van der Waals surface area contributed by atoms with E-state index in [-0.39, 0.29) is 0 Å². The summed E-state index contributed by atoms with van der Waals surface area (Å²) >= 11 is 3.51. The average Bonchev–Trinajstić information content (AvgIpc) is 2.37. The van der Waals surface area contributed by atoms with Crippen molar-refractivity contribution in [2.24, 2.45) is 0 Å². The van der Waals surface area contributed by atoms with Crippen molar-refractivity contribution in [1.82, 2.24) is 9.97 Å². The minimum atomic E-state index is 0.653. The summed E-state index contributed by atoms with van der Waals surface area (Å²) in [4.78, 5) is 11.1. The van der Waals surface area contributed by atoms with E-state index in [1.807, 2.05) is 31.2 Å². The number of halogens is 1. The number of nitrogens with zero attached hydrogens (tertiary/aromatic N) is 3. The number of aryl methyl sites for hydroxylation is 1. The van der Waals surface area contributed by atoms with Gasteiger partial charge in [0, 0.05) is 12.2 Å². The van der Waals surface area contributed by atoms with E-state index in [2.05, 4.69) is 37.7 Å². The van der Waals surface area contributed by atoms with Crippen molar-refractivity contribution < 1.29 is 0 Å². The SMILES string of the molecule is CCN(Cc1cccc(C)n1)c1ncc(N)cc1Br. The van der Waals surface area contributed by atoms with Crippen molar-refractivity contribution in [1.29, 1.82) is 0 Å². The Labute approximate surface area is 121 Å². The van der Waals surface area contributed by atoms with E-state index >= 15 is 0 Å². The molecular formula is C14H17BrN4. The van der Waals surface area contributed by atoms with Gasteiger partial charge in [0.2, 0.25) is 0 Å². The Kier molecular flexibility index (Phi) is 4.37. The van der Waals surface area contributed by atoms with Crippen molar-refractivity contribution in [2.45, 2.75) is 20.4 Å². The third-order valence-corrected chi connectivity index (χ3v) is 3.41. The number of pyridine rings is 2. The van der Waals surface area contributed by atoms with Gasteiger partial charge in [-0.25, -0.2) is 4.98 Å². The normalized spacial score (nSPS) is 10.5. The molecule has 2 rings (SSSR count). The Morgan fingerprint density at radius 1 is 1.37 bits per heavy atom. The van der Waals surface area contributed by atoms with E-state index in [0.29, 0.717) is 5.69 Å². The highest BCUT2D eigenvalue weighted by Gasteiger charge is 2.11. The minimum absolute atomic E-state index is 0.653. The van der Waals surface area contributed by atoms with Gasteiger partial charge in [-0.05, 0) is 48.0 Å². The molecule has 2 aromatic rings. The summed E-state index contributed by atoms with van der Waals surface area (Å²) in [5.41, 5.74) is 8.43. The second-order valence-corrected chi connectivity index (χ2v) is 5.21.